The SMILES string of the molecule is O=C(CNc1ccc(Br)cc1Cl)NCC(=O)N1CCCC1. The number of amides is 2. The van der Waals surface area contributed by atoms with Gasteiger partial charge in [0.1, 0.15) is 0 Å². The van der Waals surface area contributed by atoms with Crippen LogP contribution in [0.25, 0.3) is 0 Å². The smallest absolute Gasteiger partial charge is 0.241 e. The van der Waals surface area contributed by atoms with E-state index in [1.54, 1.807) is 17.0 Å². The molecule has 2 rings (SSSR count). The van der Waals surface area contributed by atoms with Crippen molar-refractivity contribution in [1.29, 1.82) is 0 Å². The van der Waals surface area contributed by atoms with Crippen LogP contribution < -0.4 is 10.6 Å². The van der Waals surface area contributed by atoms with Gasteiger partial charge in [0, 0.05) is 17.6 Å². The average Bonchev–Trinajstić information content (AvgIpc) is 2.98. The van der Waals surface area contributed by atoms with Crippen LogP contribution in [0.5, 0.6) is 0 Å². The summed E-state index contributed by atoms with van der Waals surface area (Å²) >= 11 is 9.36. The number of hydrogen-bond acceptors (Lipinski definition) is 3. The van der Waals surface area contributed by atoms with Gasteiger partial charge in [-0.25, -0.2) is 0 Å². The number of carbonyl (C=O) groups is 2. The molecule has 1 aromatic carbocycles. The number of rotatable bonds is 5. The molecule has 5 nitrogen and oxygen atoms in total. The first-order chi connectivity index (χ1) is 10.1. The molecule has 0 saturated carbocycles. The van der Waals surface area contributed by atoms with Gasteiger partial charge in [0.05, 0.1) is 23.8 Å². The largest absolute Gasteiger partial charge is 0.375 e. The lowest BCUT2D eigenvalue weighted by Gasteiger charge is -2.15. The molecule has 0 atom stereocenters. The van der Waals surface area contributed by atoms with Gasteiger partial charge in [-0.1, -0.05) is 27.5 Å². The molecular weight excluding hydrogens is 358 g/mol. The molecule has 7 heteroatoms. The van der Waals surface area contributed by atoms with Crippen molar-refractivity contribution in [2.24, 2.45) is 0 Å². The van der Waals surface area contributed by atoms with Gasteiger partial charge < -0.3 is 15.5 Å². The zero-order valence-electron chi connectivity index (χ0n) is 11.5. The third-order valence-electron chi connectivity index (χ3n) is 3.27. The minimum atomic E-state index is -0.235. The molecule has 0 aliphatic carbocycles. The molecule has 1 aromatic rings. The molecular formula is C14H17BrClN3O2. The normalized spacial score (nSPS) is 14.1. The standard InChI is InChI=1S/C14H17BrClN3O2/c15-10-3-4-12(11(16)7-10)17-8-13(20)18-9-14(21)19-5-1-2-6-19/h3-4,7,17H,1-2,5-6,8-9H2,(H,18,20). The lowest BCUT2D eigenvalue weighted by atomic mass is 10.3. The van der Waals surface area contributed by atoms with Crippen LogP contribution in [-0.4, -0.2) is 42.9 Å². The molecule has 1 aliphatic heterocycles. The average molecular weight is 375 g/mol. The van der Waals surface area contributed by atoms with Crippen LogP contribution in [-0.2, 0) is 9.59 Å². The van der Waals surface area contributed by atoms with E-state index in [1.165, 1.54) is 0 Å². The summed E-state index contributed by atoms with van der Waals surface area (Å²) in [6.07, 6.45) is 2.09. The van der Waals surface area contributed by atoms with Gasteiger partial charge >= 0.3 is 0 Å². The second-order valence-corrected chi connectivity index (χ2v) is 6.17. The summed E-state index contributed by atoms with van der Waals surface area (Å²) in [5.74, 6) is -0.260. The summed E-state index contributed by atoms with van der Waals surface area (Å²) < 4.78 is 0.874. The van der Waals surface area contributed by atoms with E-state index in [0.717, 1.165) is 30.4 Å². The third-order valence-corrected chi connectivity index (χ3v) is 4.07. The first-order valence-corrected chi connectivity index (χ1v) is 7.97. The highest BCUT2D eigenvalue weighted by molar-refractivity contribution is 9.10. The third kappa shape index (κ3) is 4.89. The zero-order chi connectivity index (χ0) is 15.2. The maximum atomic E-state index is 11.8. The second-order valence-electron chi connectivity index (χ2n) is 4.84. The van der Waals surface area contributed by atoms with Crippen LogP contribution in [0.3, 0.4) is 0 Å². The molecule has 0 spiro atoms. The van der Waals surface area contributed by atoms with E-state index in [0.29, 0.717) is 10.7 Å². The van der Waals surface area contributed by atoms with E-state index in [9.17, 15) is 9.59 Å². The highest BCUT2D eigenvalue weighted by Gasteiger charge is 2.17. The summed E-state index contributed by atoms with van der Waals surface area (Å²) in [4.78, 5) is 25.3. The van der Waals surface area contributed by atoms with E-state index in [1.807, 2.05) is 6.07 Å². The molecule has 0 bridgehead atoms. The van der Waals surface area contributed by atoms with Crippen LogP contribution >= 0.6 is 27.5 Å². The van der Waals surface area contributed by atoms with Crippen molar-refractivity contribution < 1.29 is 9.59 Å². The van der Waals surface area contributed by atoms with Gasteiger partial charge in [-0.3, -0.25) is 9.59 Å². The van der Waals surface area contributed by atoms with Crippen molar-refractivity contribution in [2.75, 3.05) is 31.5 Å². The van der Waals surface area contributed by atoms with E-state index < -0.39 is 0 Å². The Balaban J connectivity index is 1.73. The number of benzene rings is 1. The molecule has 1 aliphatic rings. The first kappa shape index (κ1) is 16.1. The highest BCUT2D eigenvalue weighted by atomic mass is 79.9. The van der Waals surface area contributed by atoms with Crippen LogP contribution in [0.2, 0.25) is 5.02 Å². The molecule has 21 heavy (non-hydrogen) atoms. The summed E-state index contributed by atoms with van der Waals surface area (Å²) in [7, 11) is 0. The monoisotopic (exact) mass is 373 g/mol. The number of nitrogens with one attached hydrogen (secondary N) is 2. The summed E-state index contributed by atoms with van der Waals surface area (Å²) in [6.45, 7) is 1.71. The van der Waals surface area contributed by atoms with Crippen molar-refractivity contribution in [2.45, 2.75) is 12.8 Å². The lowest BCUT2D eigenvalue weighted by molar-refractivity contribution is -0.131. The van der Waals surface area contributed by atoms with Crippen LogP contribution in [0, 0.1) is 0 Å². The Kier molecular flexibility index (Phi) is 5.87. The Bertz CT molecular complexity index is 533. The quantitative estimate of drug-likeness (QED) is 0.831. The Labute approximate surface area is 137 Å². The number of nitrogens with zero attached hydrogens (tertiary/aromatic N) is 1. The number of likely N-dealkylation sites (tertiary alicyclic amines) is 1. The molecule has 1 heterocycles. The Hall–Kier alpha value is -1.27. The summed E-state index contributed by atoms with van der Waals surface area (Å²) in [6, 6.07) is 5.37. The fourth-order valence-electron chi connectivity index (χ4n) is 2.12. The topological polar surface area (TPSA) is 61.4 Å². The molecule has 1 fully saturated rings. The van der Waals surface area contributed by atoms with Gasteiger partial charge in [-0.15, -0.1) is 0 Å². The molecule has 2 N–H and O–H groups in total. The highest BCUT2D eigenvalue weighted by Crippen LogP contribution is 2.25. The molecule has 114 valence electrons. The van der Waals surface area contributed by atoms with Gasteiger partial charge in [-0.2, -0.15) is 0 Å². The first-order valence-electron chi connectivity index (χ1n) is 6.79. The van der Waals surface area contributed by atoms with E-state index in [2.05, 4.69) is 26.6 Å². The molecule has 2 amide bonds. The summed E-state index contributed by atoms with van der Waals surface area (Å²) in [5, 5.41) is 6.09. The van der Waals surface area contributed by atoms with Crippen LogP contribution in [0.1, 0.15) is 12.8 Å². The predicted molar refractivity (Wildman–Crippen MR) is 86.5 cm³/mol. The van der Waals surface area contributed by atoms with Gasteiger partial charge in [0.15, 0.2) is 0 Å². The van der Waals surface area contributed by atoms with E-state index in [-0.39, 0.29) is 24.9 Å². The summed E-state index contributed by atoms with van der Waals surface area (Å²) in [5.41, 5.74) is 0.681. The minimum Gasteiger partial charge on any atom is -0.375 e. The Morgan fingerprint density at radius 1 is 1.24 bits per heavy atom. The van der Waals surface area contributed by atoms with Crippen molar-refractivity contribution in [1.82, 2.24) is 10.2 Å². The zero-order valence-corrected chi connectivity index (χ0v) is 13.8. The van der Waals surface area contributed by atoms with E-state index in [4.69, 9.17) is 11.6 Å². The van der Waals surface area contributed by atoms with Crippen LogP contribution in [0.4, 0.5) is 5.69 Å². The Morgan fingerprint density at radius 2 is 1.95 bits per heavy atom. The lowest BCUT2D eigenvalue weighted by Crippen LogP contribution is -2.40. The van der Waals surface area contributed by atoms with Crippen molar-refractivity contribution >= 4 is 45.0 Å². The second kappa shape index (κ2) is 7.66. The predicted octanol–water partition coefficient (Wildman–Crippen LogP) is 2.25. The minimum absolute atomic E-state index is 0.0254. The molecule has 0 radical (unpaired) electrons. The number of hydrogen-bond donors (Lipinski definition) is 2. The van der Waals surface area contributed by atoms with Gasteiger partial charge in [0.25, 0.3) is 0 Å². The molecule has 1 saturated heterocycles. The maximum absolute atomic E-state index is 11.8. The van der Waals surface area contributed by atoms with Crippen LogP contribution in [0.15, 0.2) is 22.7 Å². The Morgan fingerprint density at radius 3 is 2.62 bits per heavy atom. The van der Waals surface area contributed by atoms with E-state index >= 15 is 0 Å². The fourth-order valence-corrected chi connectivity index (χ4v) is 2.86. The van der Waals surface area contributed by atoms with Gasteiger partial charge in [-0.05, 0) is 31.0 Å². The van der Waals surface area contributed by atoms with Crippen molar-refractivity contribution in [3.63, 3.8) is 0 Å². The van der Waals surface area contributed by atoms with Gasteiger partial charge in [0.2, 0.25) is 11.8 Å². The van der Waals surface area contributed by atoms with Crippen molar-refractivity contribution in [3.8, 4) is 0 Å². The van der Waals surface area contributed by atoms with Crippen molar-refractivity contribution in [3.05, 3.63) is 27.7 Å². The maximum Gasteiger partial charge on any atom is 0.241 e. The molecule has 0 aromatic heterocycles. The number of halogens is 2. The number of anilines is 1. The number of carbonyl (C=O) groups excluding carboxylic acids is 2. The fraction of sp³-hybridized carbons (Fsp3) is 0.429. The molecule has 0 unspecified atom stereocenters.